The summed E-state index contributed by atoms with van der Waals surface area (Å²) in [5, 5.41) is 0. The molecule has 0 aromatic heterocycles. The van der Waals surface area contributed by atoms with Crippen LogP contribution in [0.15, 0.2) is 0 Å². The number of aldehydes is 1. The summed E-state index contributed by atoms with van der Waals surface area (Å²) in [5.41, 5.74) is -0.756. The van der Waals surface area contributed by atoms with Gasteiger partial charge in [0, 0.05) is 13.0 Å². The Balaban J connectivity index is 3.92. The average Bonchev–Trinajstić information content (AvgIpc) is 2.19. The monoisotopic (exact) mass is 294 g/mol. The first-order valence-corrected chi connectivity index (χ1v) is 7.58. The number of carbonyl (C=O) groups excluding carboxylic acids is 2. The van der Waals surface area contributed by atoms with Gasteiger partial charge < -0.3 is 9.53 Å². The summed E-state index contributed by atoms with van der Waals surface area (Å²) in [6.45, 7) is 5.12. The molecule has 0 rings (SSSR count). The Morgan fingerprint density at radius 1 is 1.21 bits per heavy atom. The third-order valence-electron chi connectivity index (χ3n) is 1.91. The van der Waals surface area contributed by atoms with Crippen LogP contribution in [0.1, 0.15) is 46.5 Å². The lowest BCUT2D eigenvalue weighted by atomic mass is 10.2. The Labute approximate surface area is 114 Å². The predicted octanol–water partition coefficient (Wildman–Crippen LogP) is 1.10. The molecule has 0 fully saturated rings. The van der Waals surface area contributed by atoms with Gasteiger partial charge in [-0.15, -0.1) is 0 Å². The van der Waals surface area contributed by atoms with E-state index in [2.05, 4.69) is 4.72 Å². The van der Waals surface area contributed by atoms with Gasteiger partial charge >= 0.3 is 16.3 Å². The number of rotatable bonds is 8. The molecule has 0 aromatic rings. The predicted molar refractivity (Wildman–Crippen MR) is 70.8 cm³/mol. The minimum absolute atomic E-state index is 0.205. The van der Waals surface area contributed by atoms with Crippen LogP contribution in [0.4, 0.5) is 4.79 Å². The van der Waals surface area contributed by atoms with Crippen LogP contribution in [0.5, 0.6) is 0 Å². The van der Waals surface area contributed by atoms with Crippen molar-refractivity contribution in [2.24, 2.45) is 0 Å². The third kappa shape index (κ3) is 11.7. The Hall–Kier alpha value is -1.15. The molecule has 7 nitrogen and oxygen atoms in total. The van der Waals surface area contributed by atoms with Gasteiger partial charge in [0.25, 0.3) is 0 Å². The standard InChI is InChI=1S/C11H22N2O5S/c1-11(2,3)18-10(15)13-19(16,17)12-8-6-4-5-7-9-14/h9,12H,4-8H2,1-3H3,(H,13,15). The molecule has 0 bridgehead atoms. The SMILES string of the molecule is CC(C)(C)OC(=O)NS(=O)(=O)NCCCCCC=O. The largest absolute Gasteiger partial charge is 0.443 e. The molecule has 1 amide bonds. The van der Waals surface area contributed by atoms with E-state index in [-0.39, 0.29) is 6.54 Å². The number of hydrogen-bond acceptors (Lipinski definition) is 5. The van der Waals surface area contributed by atoms with E-state index in [9.17, 15) is 18.0 Å². The number of ether oxygens (including phenoxy) is 1. The quantitative estimate of drug-likeness (QED) is 0.515. The molecule has 0 atom stereocenters. The van der Waals surface area contributed by atoms with E-state index in [0.717, 1.165) is 19.1 Å². The molecular formula is C11H22N2O5S. The summed E-state index contributed by atoms with van der Waals surface area (Å²) in [6.07, 6.45) is 2.36. The number of nitrogens with one attached hydrogen (secondary N) is 2. The van der Waals surface area contributed by atoms with E-state index in [1.54, 1.807) is 25.5 Å². The molecule has 0 saturated carbocycles. The van der Waals surface area contributed by atoms with Crippen LogP contribution in [0.25, 0.3) is 0 Å². The highest BCUT2D eigenvalue weighted by atomic mass is 32.2. The molecule has 0 radical (unpaired) electrons. The van der Waals surface area contributed by atoms with E-state index >= 15 is 0 Å². The molecule has 2 N–H and O–H groups in total. The fraction of sp³-hybridized carbons (Fsp3) is 0.818. The van der Waals surface area contributed by atoms with Gasteiger partial charge in [0.05, 0.1) is 0 Å². The van der Waals surface area contributed by atoms with Gasteiger partial charge in [-0.1, -0.05) is 6.42 Å². The highest BCUT2D eigenvalue weighted by Crippen LogP contribution is 2.06. The van der Waals surface area contributed by atoms with Crippen LogP contribution in [0.2, 0.25) is 0 Å². The zero-order valence-corrected chi connectivity index (χ0v) is 12.4. The smallest absolute Gasteiger partial charge is 0.422 e. The fourth-order valence-electron chi connectivity index (χ4n) is 1.18. The van der Waals surface area contributed by atoms with Crippen molar-refractivity contribution in [3.63, 3.8) is 0 Å². The molecule has 112 valence electrons. The molecule has 0 aliphatic rings. The van der Waals surface area contributed by atoms with Crippen molar-refractivity contribution in [1.82, 2.24) is 9.44 Å². The van der Waals surface area contributed by atoms with Crippen molar-refractivity contribution in [1.29, 1.82) is 0 Å². The zero-order valence-electron chi connectivity index (χ0n) is 11.6. The zero-order chi connectivity index (χ0) is 14.9. The topological polar surface area (TPSA) is 102 Å². The van der Waals surface area contributed by atoms with Crippen molar-refractivity contribution < 1.29 is 22.7 Å². The van der Waals surface area contributed by atoms with Crippen LogP contribution in [0, 0.1) is 0 Å². The lowest BCUT2D eigenvalue weighted by Crippen LogP contribution is -2.43. The lowest BCUT2D eigenvalue weighted by Gasteiger charge is -2.19. The third-order valence-corrected chi connectivity index (χ3v) is 2.93. The van der Waals surface area contributed by atoms with E-state index in [0.29, 0.717) is 12.8 Å². The van der Waals surface area contributed by atoms with Crippen molar-refractivity contribution in [2.75, 3.05) is 6.54 Å². The van der Waals surface area contributed by atoms with Crippen LogP contribution in [-0.2, 0) is 19.7 Å². The van der Waals surface area contributed by atoms with Crippen molar-refractivity contribution in [2.45, 2.75) is 52.1 Å². The van der Waals surface area contributed by atoms with E-state index in [1.165, 1.54) is 0 Å². The molecular weight excluding hydrogens is 272 g/mol. The second-order valence-electron chi connectivity index (χ2n) is 5.02. The van der Waals surface area contributed by atoms with Crippen LogP contribution < -0.4 is 9.44 Å². The number of hydrogen-bond donors (Lipinski definition) is 2. The summed E-state index contributed by atoms with van der Waals surface area (Å²) in [6, 6.07) is 0. The summed E-state index contributed by atoms with van der Waals surface area (Å²) < 4.78 is 31.7. The van der Waals surface area contributed by atoms with Crippen LogP contribution >= 0.6 is 0 Å². The molecule has 0 saturated heterocycles. The van der Waals surface area contributed by atoms with Gasteiger partial charge in [-0.05, 0) is 33.6 Å². The Morgan fingerprint density at radius 3 is 2.37 bits per heavy atom. The Bertz CT molecular complexity index is 386. The lowest BCUT2D eigenvalue weighted by molar-refractivity contribution is -0.107. The summed E-state index contributed by atoms with van der Waals surface area (Å²) in [7, 11) is -3.89. The fourth-order valence-corrected chi connectivity index (χ4v) is 1.93. The second-order valence-corrected chi connectivity index (χ2v) is 6.52. The van der Waals surface area contributed by atoms with Gasteiger partial charge in [-0.3, -0.25) is 0 Å². The van der Waals surface area contributed by atoms with Gasteiger partial charge in [0.1, 0.15) is 11.9 Å². The highest BCUT2D eigenvalue weighted by Gasteiger charge is 2.20. The molecule has 0 aliphatic heterocycles. The maximum absolute atomic E-state index is 11.4. The maximum atomic E-state index is 11.4. The van der Waals surface area contributed by atoms with Gasteiger partial charge in [0.15, 0.2) is 0 Å². The van der Waals surface area contributed by atoms with Crippen molar-refractivity contribution >= 4 is 22.6 Å². The number of carbonyl (C=O) groups is 2. The molecule has 19 heavy (non-hydrogen) atoms. The van der Waals surface area contributed by atoms with Gasteiger partial charge in [-0.25, -0.2) is 9.52 Å². The first kappa shape index (κ1) is 17.8. The number of unbranched alkanes of at least 4 members (excludes halogenated alkanes) is 3. The second kappa shape index (κ2) is 8.11. The molecule has 0 aromatic carbocycles. The molecule has 0 spiro atoms. The van der Waals surface area contributed by atoms with Crippen LogP contribution in [-0.4, -0.2) is 32.9 Å². The van der Waals surface area contributed by atoms with E-state index in [4.69, 9.17) is 4.74 Å². The first-order chi connectivity index (χ1) is 8.66. The van der Waals surface area contributed by atoms with Crippen molar-refractivity contribution in [3.8, 4) is 0 Å². The minimum Gasteiger partial charge on any atom is -0.443 e. The molecule has 8 heteroatoms. The molecule has 0 heterocycles. The van der Waals surface area contributed by atoms with Gasteiger partial charge in [0.2, 0.25) is 0 Å². The Morgan fingerprint density at radius 2 is 1.84 bits per heavy atom. The number of amides is 1. The first-order valence-electron chi connectivity index (χ1n) is 6.10. The van der Waals surface area contributed by atoms with Gasteiger partial charge in [-0.2, -0.15) is 13.1 Å². The highest BCUT2D eigenvalue weighted by molar-refractivity contribution is 7.88. The van der Waals surface area contributed by atoms with Crippen molar-refractivity contribution in [3.05, 3.63) is 0 Å². The maximum Gasteiger partial charge on any atom is 0.422 e. The van der Waals surface area contributed by atoms with E-state index < -0.39 is 21.9 Å². The Kier molecular flexibility index (Phi) is 7.62. The molecule has 0 aliphatic carbocycles. The van der Waals surface area contributed by atoms with E-state index in [1.807, 2.05) is 0 Å². The summed E-state index contributed by atoms with van der Waals surface area (Å²) in [5.74, 6) is 0. The molecule has 0 unspecified atom stereocenters. The normalized spacial score (nSPS) is 11.9. The van der Waals surface area contributed by atoms with Crippen LogP contribution in [0.3, 0.4) is 0 Å². The minimum atomic E-state index is -3.89. The summed E-state index contributed by atoms with van der Waals surface area (Å²) in [4.78, 5) is 21.3. The summed E-state index contributed by atoms with van der Waals surface area (Å²) >= 11 is 0. The average molecular weight is 294 g/mol.